The lowest BCUT2D eigenvalue weighted by Crippen LogP contribution is -2.40. The third kappa shape index (κ3) is 4.94. The van der Waals surface area contributed by atoms with Crippen LogP contribution in [-0.4, -0.2) is 54.0 Å². The minimum atomic E-state index is -0.213. The number of amides is 2. The average Bonchev–Trinajstić information content (AvgIpc) is 3.05. The Bertz CT molecular complexity index is 961. The SMILES string of the molecule is CC(C)OCCN1C(=O)C(c2ccccc2)=C(N2CCC(Cc3ccccc3)CC2)C1=O. The van der Waals surface area contributed by atoms with Gasteiger partial charge in [-0.25, -0.2) is 0 Å². The van der Waals surface area contributed by atoms with Crippen LogP contribution in [0.5, 0.6) is 0 Å². The van der Waals surface area contributed by atoms with E-state index < -0.39 is 0 Å². The number of nitrogens with zero attached hydrogens (tertiary/aromatic N) is 2. The summed E-state index contributed by atoms with van der Waals surface area (Å²) in [5.41, 5.74) is 3.25. The molecule has 0 N–H and O–H groups in total. The zero-order valence-electron chi connectivity index (χ0n) is 19.0. The number of hydrogen-bond donors (Lipinski definition) is 0. The lowest BCUT2D eigenvalue weighted by Gasteiger charge is -2.34. The molecule has 0 bridgehead atoms. The molecule has 0 unspecified atom stereocenters. The maximum Gasteiger partial charge on any atom is 0.277 e. The van der Waals surface area contributed by atoms with Crippen molar-refractivity contribution in [3.63, 3.8) is 0 Å². The van der Waals surface area contributed by atoms with Crippen LogP contribution in [-0.2, 0) is 20.7 Å². The molecule has 0 aliphatic carbocycles. The molecule has 0 saturated carbocycles. The summed E-state index contributed by atoms with van der Waals surface area (Å²) in [6.07, 6.45) is 3.15. The van der Waals surface area contributed by atoms with Gasteiger partial charge in [0.25, 0.3) is 11.8 Å². The summed E-state index contributed by atoms with van der Waals surface area (Å²) in [4.78, 5) is 30.2. The smallest absolute Gasteiger partial charge is 0.277 e. The Morgan fingerprint density at radius 2 is 1.53 bits per heavy atom. The van der Waals surface area contributed by atoms with Gasteiger partial charge >= 0.3 is 0 Å². The molecule has 2 aromatic carbocycles. The summed E-state index contributed by atoms with van der Waals surface area (Å²) in [6, 6.07) is 20.1. The lowest BCUT2D eigenvalue weighted by molar-refractivity contribution is -0.138. The Kier molecular flexibility index (Phi) is 7.05. The minimum Gasteiger partial charge on any atom is -0.377 e. The largest absolute Gasteiger partial charge is 0.377 e. The van der Waals surface area contributed by atoms with Gasteiger partial charge in [0.15, 0.2) is 0 Å². The normalized spacial score (nSPS) is 17.7. The lowest BCUT2D eigenvalue weighted by atomic mass is 9.89. The van der Waals surface area contributed by atoms with Crippen LogP contribution in [0.25, 0.3) is 5.57 Å². The van der Waals surface area contributed by atoms with Crippen molar-refractivity contribution >= 4 is 17.4 Å². The molecule has 4 rings (SSSR count). The molecule has 2 aromatic rings. The molecule has 0 radical (unpaired) electrons. The third-order valence-corrected chi connectivity index (χ3v) is 6.27. The highest BCUT2D eigenvalue weighted by atomic mass is 16.5. The molecule has 2 aliphatic heterocycles. The highest BCUT2D eigenvalue weighted by molar-refractivity contribution is 6.35. The van der Waals surface area contributed by atoms with E-state index in [1.54, 1.807) is 0 Å². The molecule has 1 fully saturated rings. The number of piperidine rings is 1. The summed E-state index contributed by atoms with van der Waals surface area (Å²) < 4.78 is 5.61. The highest BCUT2D eigenvalue weighted by Gasteiger charge is 2.42. The van der Waals surface area contributed by atoms with E-state index >= 15 is 0 Å². The summed E-state index contributed by atoms with van der Waals surface area (Å²) in [6.45, 7) is 6.11. The Morgan fingerprint density at radius 3 is 2.16 bits per heavy atom. The molecule has 2 heterocycles. The van der Waals surface area contributed by atoms with E-state index in [4.69, 9.17) is 4.74 Å². The van der Waals surface area contributed by atoms with Gasteiger partial charge in [-0.1, -0.05) is 60.7 Å². The molecule has 0 spiro atoms. The highest BCUT2D eigenvalue weighted by Crippen LogP contribution is 2.34. The Hall–Kier alpha value is -2.92. The van der Waals surface area contributed by atoms with Crippen LogP contribution < -0.4 is 0 Å². The second kappa shape index (κ2) is 10.1. The molecule has 0 atom stereocenters. The molecule has 5 nitrogen and oxygen atoms in total. The van der Waals surface area contributed by atoms with Crippen LogP contribution >= 0.6 is 0 Å². The van der Waals surface area contributed by atoms with Crippen molar-refractivity contribution in [1.82, 2.24) is 9.80 Å². The Labute approximate surface area is 190 Å². The molecule has 1 saturated heterocycles. The monoisotopic (exact) mass is 432 g/mol. The molecule has 2 aliphatic rings. The summed E-state index contributed by atoms with van der Waals surface area (Å²) in [5.74, 6) is 0.190. The number of carbonyl (C=O) groups is 2. The van der Waals surface area contributed by atoms with Gasteiger partial charge < -0.3 is 9.64 Å². The average molecular weight is 433 g/mol. The van der Waals surface area contributed by atoms with Gasteiger partial charge in [-0.15, -0.1) is 0 Å². The molecule has 2 amide bonds. The first kappa shape index (κ1) is 22.3. The molecular formula is C27H32N2O3. The predicted octanol–water partition coefficient (Wildman–Crippen LogP) is 4.15. The van der Waals surface area contributed by atoms with Gasteiger partial charge in [0.05, 0.1) is 24.8 Å². The second-order valence-electron chi connectivity index (χ2n) is 8.89. The first-order valence-corrected chi connectivity index (χ1v) is 11.6. The van der Waals surface area contributed by atoms with Gasteiger partial charge in [0, 0.05) is 13.1 Å². The quantitative estimate of drug-likeness (QED) is 0.588. The van der Waals surface area contributed by atoms with Crippen molar-refractivity contribution in [2.24, 2.45) is 5.92 Å². The number of imide groups is 1. The van der Waals surface area contributed by atoms with E-state index in [0.29, 0.717) is 23.8 Å². The zero-order valence-corrected chi connectivity index (χ0v) is 19.0. The maximum atomic E-state index is 13.4. The molecule has 32 heavy (non-hydrogen) atoms. The maximum absolute atomic E-state index is 13.4. The van der Waals surface area contributed by atoms with Gasteiger partial charge in [-0.3, -0.25) is 14.5 Å². The topological polar surface area (TPSA) is 49.9 Å². The van der Waals surface area contributed by atoms with E-state index in [9.17, 15) is 9.59 Å². The van der Waals surface area contributed by atoms with E-state index in [1.165, 1.54) is 10.5 Å². The number of benzene rings is 2. The van der Waals surface area contributed by atoms with Crippen LogP contribution in [0.3, 0.4) is 0 Å². The van der Waals surface area contributed by atoms with E-state index in [2.05, 4.69) is 29.2 Å². The zero-order chi connectivity index (χ0) is 22.5. The number of carbonyl (C=O) groups excluding carboxylic acids is 2. The van der Waals surface area contributed by atoms with Crippen molar-refractivity contribution in [2.45, 2.75) is 39.2 Å². The van der Waals surface area contributed by atoms with Gasteiger partial charge in [-0.2, -0.15) is 0 Å². The molecule has 5 heteroatoms. The number of hydrogen-bond acceptors (Lipinski definition) is 4. The van der Waals surface area contributed by atoms with Crippen LogP contribution in [0, 0.1) is 5.92 Å². The van der Waals surface area contributed by atoms with Crippen molar-refractivity contribution in [2.75, 3.05) is 26.2 Å². The van der Waals surface area contributed by atoms with E-state index in [-0.39, 0.29) is 24.5 Å². The number of rotatable bonds is 8. The fourth-order valence-electron chi connectivity index (χ4n) is 4.61. The third-order valence-electron chi connectivity index (χ3n) is 6.27. The number of ether oxygens (including phenoxy) is 1. The standard InChI is InChI=1S/C27H32N2O3/c1-20(2)32-18-17-29-26(30)24(23-11-7-4-8-12-23)25(27(29)31)28-15-13-22(14-16-28)19-21-9-5-3-6-10-21/h3-12,20,22H,13-19H2,1-2H3. The number of likely N-dealkylation sites (tertiary alicyclic amines) is 1. The summed E-state index contributed by atoms with van der Waals surface area (Å²) in [7, 11) is 0. The molecule has 0 aromatic heterocycles. The van der Waals surface area contributed by atoms with E-state index in [1.807, 2.05) is 50.2 Å². The van der Waals surface area contributed by atoms with E-state index in [0.717, 1.165) is 37.9 Å². The van der Waals surface area contributed by atoms with Crippen molar-refractivity contribution in [3.05, 3.63) is 77.5 Å². The van der Waals surface area contributed by atoms with Gasteiger partial charge in [-0.05, 0) is 50.2 Å². The fraction of sp³-hybridized carbons (Fsp3) is 0.407. The first-order chi connectivity index (χ1) is 15.5. The Balaban J connectivity index is 1.52. The fourth-order valence-corrected chi connectivity index (χ4v) is 4.61. The van der Waals surface area contributed by atoms with Crippen molar-refractivity contribution < 1.29 is 14.3 Å². The van der Waals surface area contributed by atoms with Crippen LogP contribution in [0.1, 0.15) is 37.8 Å². The first-order valence-electron chi connectivity index (χ1n) is 11.6. The Morgan fingerprint density at radius 1 is 0.906 bits per heavy atom. The summed E-state index contributed by atoms with van der Waals surface area (Å²) in [5, 5.41) is 0. The van der Waals surface area contributed by atoms with Crippen LogP contribution in [0.15, 0.2) is 66.4 Å². The second-order valence-corrected chi connectivity index (χ2v) is 8.89. The van der Waals surface area contributed by atoms with Crippen LogP contribution in [0.2, 0.25) is 0 Å². The predicted molar refractivity (Wildman–Crippen MR) is 126 cm³/mol. The van der Waals surface area contributed by atoms with Gasteiger partial charge in [0.1, 0.15) is 5.70 Å². The molecule has 168 valence electrons. The minimum absolute atomic E-state index is 0.0625. The van der Waals surface area contributed by atoms with Crippen molar-refractivity contribution in [3.8, 4) is 0 Å². The summed E-state index contributed by atoms with van der Waals surface area (Å²) >= 11 is 0. The van der Waals surface area contributed by atoms with Crippen molar-refractivity contribution in [1.29, 1.82) is 0 Å². The van der Waals surface area contributed by atoms with Crippen LogP contribution in [0.4, 0.5) is 0 Å². The molecular weight excluding hydrogens is 400 g/mol. The van der Waals surface area contributed by atoms with Gasteiger partial charge in [0.2, 0.25) is 0 Å².